The van der Waals surface area contributed by atoms with Crippen LogP contribution in [-0.4, -0.2) is 34.8 Å². The van der Waals surface area contributed by atoms with Crippen LogP contribution in [-0.2, 0) is 14.3 Å². The van der Waals surface area contributed by atoms with Crippen LogP contribution in [0.1, 0.15) is 19.8 Å². The highest BCUT2D eigenvalue weighted by molar-refractivity contribution is 5.87. The average molecular weight is 173 g/mol. The summed E-state index contributed by atoms with van der Waals surface area (Å²) in [5, 5.41) is 10.0. The van der Waals surface area contributed by atoms with Gasteiger partial charge in [-0.05, 0) is 12.8 Å². The molecule has 0 radical (unpaired) electrons. The van der Waals surface area contributed by atoms with E-state index in [0.29, 0.717) is 13.0 Å². The van der Waals surface area contributed by atoms with Crippen molar-refractivity contribution in [3.63, 3.8) is 0 Å². The van der Waals surface area contributed by atoms with Crippen molar-refractivity contribution in [2.75, 3.05) is 6.54 Å². The number of nitrogens with zero attached hydrogens (tertiary/aromatic N) is 1. The fourth-order valence-electron chi connectivity index (χ4n) is 1.20. The van der Waals surface area contributed by atoms with E-state index in [-0.39, 0.29) is 0 Å². The van der Waals surface area contributed by atoms with Gasteiger partial charge in [0, 0.05) is 13.5 Å². The molecular weight excluding hydrogens is 162 g/mol. The van der Waals surface area contributed by atoms with Gasteiger partial charge in [-0.15, -0.1) is 0 Å². The van der Waals surface area contributed by atoms with E-state index >= 15 is 0 Å². The van der Waals surface area contributed by atoms with Crippen LogP contribution in [0.25, 0.3) is 0 Å². The standard InChI is InChI=1S/C7H11NO4/c1-5(9)12-7(10)6-3-2-4-8(6)11/h6,11H,2-4H2,1H3. The predicted octanol–water partition coefficient (Wildman–Crippen LogP) is -0.0703. The summed E-state index contributed by atoms with van der Waals surface area (Å²) >= 11 is 0. The summed E-state index contributed by atoms with van der Waals surface area (Å²) in [7, 11) is 0. The highest BCUT2D eigenvalue weighted by Crippen LogP contribution is 2.15. The molecule has 1 atom stereocenters. The van der Waals surface area contributed by atoms with Gasteiger partial charge < -0.3 is 9.94 Å². The first kappa shape index (κ1) is 9.15. The first-order valence-electron chi connectivity index (χ1n) is 3.79. The molecule has 1 unspecified atom stereocenters. The molecule has 68 valence electrons. The number of hydroxylamine groups is 2. The highest BCUT2D eigenvalue weighted by Gasteiger charge is 2.31. The average Bonchev–Trinajstić information content (AvgIpc) is 2.33. The van der Waals surface area contributed by atoms with E-state index in [0.717, 1.165) is 18.4 Å². The number of hydrogen-bond acceptors (Lipinski definition) is 5. The van der Waals surface area contributed by atoms with Crippen LogP contribution in [0.4, 0.5) is 0 Å². The Morgan fingerprint density at radius 3 is 2.67 bits per heavy atom. The van der Waals surface area contributed by atoms with Gasteiger partial charge >= 0.3 is 11.9 Å². The molecule has 1 saturated heterocycles. The minimum absolute atomic E-state index is 0.456. The fourth-order valence-corrected chi connectivity index (χ4v) is 1.20. The molecule has 0 aliphatic carbocycles. The SMILES string of the molecule is CC(=O)OC(=O)C1CCCN1O. The maximum atomic E-state index is 11.0. The van der Waals surface area contributed by atoms with Crippen LogP contribution in [0, 0.1) is 0 Å². The quantitative estimate of drug-likeness (QED) is 0.444. The van der Waals surface area contributed by atoms with Gasteiger partial charge in [0.15, 0.2) is 0 Å². The number of hydrogen-bond donors (Lipinski definition) is 1. The predicted molar refractivity (Wildman–Crippen MR) is 38.3 cm³/mol. The second-order valence-corrected chi connectivity index (χ2v) is 2.73. The number of rotatable bonds is 1. The zero-order chi connectivity index (χ0) is 9.14. The summed E-state index contributed by atoms with van der Waals surface area (Å²) in [6.45, 7) is 1.62. The fraction of sp³-hybridized carbons (Fsp3) is 0.714. The Hall–Kier alpha value is -0.940. The van der Waals surface area contributed by atoms with Crippen molar-refractivity contribution >= 4 is 11.9 Å². The van der Waals surface area contributed by atoms with Gasteiger partial charge in [0.25, 0.3) is 0 Å². The lowest BCUT2D eigenvalue weighted by atomic mass is 10.2. The Morgan fingerprint density at radius 2 is 2.25 bits per heavy atom. The van der Waals surface area contributed by atoms with E-state index in [1.807, 2.05) is 0 Å². The summed E-state index contributed by atoms with van der Waals surface area (Å²) in [6.07, 6.45) is 1.29. The van der Waals surface area contributed by atoms with E-state index in [1.54, 1.807) is 0 Å². The summed E-state index contributed by atoms with van der Waals surface area (Å²) in [4.78, 5) is 21.4. The van der Waals surface area contributed by atoms with Gasteiger partial charge in [-0.3, -0.25) is 4.79 Å². The van der Waals surface area contributed by atoms with Gasteiger partial charge in [0.2, 0.25) is 0 Å². The van der Waals surface area contributed by atoms with Crippen molar-refractivity contribution in [3.8, 4) is 0 Å². The number of carbonyl (C=O) groups excluding carboxylic acids is 2. The van der Waals surface area contributed by atoms with Crippen molar-refractivity contribution in [1.82, 2.24) is 5.06 Å². The Morgan fingerprint density at radius 1 is 1.58 bits per heavy atom. The summed E-state index contributed by atoms with van der Waals surface area (Å²) in [5.74, 6) is -1.30. The van der Waals surface area contributed by atoms with Crippen molar-refractivity contribution in [2.24, 2.45) is 0 Å². The van der Waals surface area contributed by atoms with Gasteiger partial charge in [-0.1, -0.05) is 0 Å². The van der Waals surface area contributed by atoms with Crippen LogP contribution >= 0.6 is 0 Å². The van der Waals surface area contributed by atoms with Crippen LogP contribution in [0.2, 0.25) is 0 Å². The molecule has 5 nitrogen and oxygen atoms in total. The molecule has 0 bridgehead atoms. The van der Waals surface area contributed by atoms with E-state index in [9.17, 15) is 9.59 Å². The largest absolute Gasteiger partial charge is 0.392 e. The Kier molecular flexibility index (Phi) is 2.78. The van der Waals surface area contributed by atoms with Crippen molar-refractivity contribution < 1.29 is 19.5 Å². The van der Waals surface area contributed by atoms with Gasteiger partial charge in [0.05, 0.1) is 0 Å². The first-order chi connectivity index (χ1) is 5.61. The molecule has 1 N–H and O–H groups in total. The molecule has 1 heterocycles. The van der Waals surface area contributed by atoms with E-state index in [2.05, 4.69) is 4.74 Å². The summed E-state index contributed by atoms with van der Waals surface area (Å²) < 4.78 is 4.33. The lowest BCUT2D eigenvalue weighted by Gasteiger charge is -2.14. The van der Waals surface area contributed by atoms with Crippen LogP contribution < -0.4 is 0 Å². The lowest BCUT2D eigenvalue weighted by Crippen LogP contribution is -2.35. The highest BCUT2D eigenvalue weighted by atomic mass is 16.6. The molecule has 0 aromatic carbocycles. The Bertz CT molecular complexity index is 204. The topological polar surface area (TPSA) is 66.8 Å². The molecule has 1 aliphatic rings. The molecule has 0 aromatic heterocycles. The van der Waals surface area contributed by atoms with E-state index < -0.39 is 18.0 Å². The van der Waals surface area contributed by atoms with Crippen LogP contribution in [0.3, 0.4) is 0 Å². The number of ether oxygens (including phenoxy) is 1. The molecular formula is C7H11NO4. The molecule has 0 aromatic rings. The zero-order valence-electron chi connectivity index (χ0n) is 6.82. The Labute approximate surface area is 69.9 Å². The molecule has 5 heteroatoms. The first-order valence-corrected chi connectivity index (χ1v) is 3.79. The maximum absolute atomic E-state index is 11.0. The second-order valence-electron chi connectivity index (χ2n) is 2.73. The van der Waals surface area contributed by atoms with Crippen molar-refractivity contribution in [2.45, 2.75) is 25.8 Å². The monoisotopic (exact) mass is 173 g/mol. The third-order valence-corrected chi connectivity index (χ3v) is 1.74. The van der Waals surface area contributed by atoms with Crippen LogP contribution in [0.15, 0.2) is 0 Å². The zero-order valence-corrected chi connectivity index (χ0v) is 6.82. The molecule has 0 spiro atoms. The van der Waals surface area contributed by atoms with E-state index in [1.165, 1.54) is 0 Å². The Balaban J connectivity index is 2.46. The maximum Gasteiger partial charge on any atom is 0.333 e. The lowest BCUT2D eigenvalue weighted by molar-refractivity contribution is -0.173. The molecule has 0 amide bonds. The third-order valence-electron chi connectivity index (χ3n) is 1.74. The van der Waals surface area contributed by atoms with Gasteiger partial charge in [0.1, 0.15) is 6.04 Å². The minimum Gasteiger partial charge on any atom is -0.392 e. The molecule has 1 aliphatic heterocycles. The molecule has 0 saturated carbocycles. The normalized spacial score (nSPS) is 24.0. The number of esters is 2. The van der Waals surface area contributed by atoms with E-state index in [4.69, 9.17) is 5.21 Å². The molecule has 12 heavy (non-hydrogen) atoms. The van der Waals surface area contributed by atoms with Crippen molar-refractivity contribution in [1.29, 1.82) is 0 Å². The third kappa shape index (κ3) is 2.02. The van der Waals surface area contributed by atoms with Gasteiger partial charge in [-0.2, -0.15) is 5.06 Å². The minimum atomic E-state index is -0.664. The second kappa shape index (κ2) is 3.64. The summed E-state index contributed by atoms with van der Waals surface area (Å²) in [6, 6.07) is -0.658. The van der Waals surface area contributed by atoms with Crippen LogP contribution in [0.5, 0.6) is 0 Å². The van der Waals surface area contributed by atoms with Crippen molar-refractivity contribution in [3.05, 3.63) is 0 Å². The molecule has 1 rings (SSSR count). The summed E-state index contributed by atoms with van der Waals surface area (Å²) in [5.41, 5.74) is 0. The number of carbonyl (C=O) groups is 2. The van der Waals surface area contributed by atoms with Gasteiger partial charge in [-0.25, -0.2) is 4.79 Å². The molecule has 1 fully saturated rings. The smallest absolute Gasteiger partial charge is 0.333 e.